The number of thiocarbonyl (C=S) groups is 1. The summed E-state index contributed by atoms with van der Waals surface area (Å²) in [5.74, 6) is -0.724. The van der Waals surface area contributed by atoms with Crippen LogP contribution in [0.4, 0.5) is 4.39 Å². The van der Waals surface area contributed by atoms with Crippen molar-refractivity contribution in [3.8, 4) is 0 Å². The van der Waals surface area contributed by atoms with E-state index < -0.39 is 5.82 Å². The van der Waals surface area contributed by atoms with E-state index in [1.165, 1.54) is 17.0 Å². The zero-order chi connectivity index (χ0) is 20.8. The van der Waals surface area contributed by atoms with E-state index in [9.17, 15) is 14.0 Å². The molecule has 1 heterocycles. The van der Waals surface area contributed by atoms with Crippen LogP contribution < -0.4 is 0 Å². The molecule has 0 aromatic heterocycles. The lowest BCUT2D eigenvalue weighted by atomic mass is 10.2. The van der Waals surface area contributed by atoms with Crippen molar-refractivity contribution in [2.24, 2.45) is 0 Å². The first kappa shape index (κ1) is 21.2. The molecule has 1 saturated heterocycles. The Balaban J connectivity index is 1.62. The van der Waals surface area contributed by atoms with E-state index in [4.69, 9.17) is 12.2 Å². The molecule has 4 nitrogen and oxygen atoms in total. The van der Waals surface area contributed by atoms with E-state index in [1.54, 1.807) is 23.1 Å². The number of carbonyl (C=O) groups excluding carboxylic acids is 2. The molecule has 7 heteroatoms. The van der Waals surface area contributed by atoms with Gasteiger partial charge in [-0.15, -0.1) is 0 Å². The van der Waals surface area contributed by atoms with Crippen LogP contribution in [0.2, 0.25) is 0 Å². The van der Waals surface area contributed by atoms with Crippen molar-refractivity contribution in [2.75, 3.05) is 13.1 Å². The Morgan fingerprint density at radius 1 is 1.17 bits per heavy atom. The quantitative estimate of drug-likeness (QED) is 0.482. The molecule has 0 unspecified atom stereocenters. The number of carbonyl (C=O) groups is 2. The van der Waals surface area contributed by atoms with Crippen LogP contribution in [0.1, 0.15) is 24.5 Å². The van der Waals surface area contributed by atoms with Crippen molar-refractivity contribution in [1.82, 2.24) is 9.80 Å². The number of hydrogen-bond donors (Lipinski definition) is 0. The number of thioether (sulfide) groups is 1. The van der Waals surface area contributed by atoms with Gasteiger partial charge in [0.25, 0.3) is 5.91 Å². The van der Waals surface area contributed by atoms with Gasteiger partial charge in [-0.25, -0.2) is 4.39 Å². The summed E-state index contributed by atoms with van der Waals surface area (Å²) in [5, 5.41) is 0. The van der Waals surface area contributed by atoms with E-state index in [-0.39, 0.29) is 24.8 Å². The highest BCUT2D eigenvalue weighted by Gasteiger charge is 2.32. The topological polar surface area (TPSA) is 40.6 Å². The molecule has 3 rings (SSSR count). The number of nitrogens with zero attached hydrogens (tertiary/aromatic N) is 2. The van der Waals surface area contributed by atoms with E-state index in [1.807, 2.05) is 37.3 Å². The first-order valence-corrected chi connectivity index (χ1v) is 10.5. The van der Waals surface area contributed by atoms with Gasteiger partial charge in [0.05, 0.1) is 4.91 Å². The van der Waals surface area contributed by atoms with Crippen LogP contribution in [0.15, 0.2) is 59.5 Å². The van der Waals surface area contributed by atoms with Gasteiger partial charge in [0.15, 0.2) is 0 Å². The second-order valence-corrected chi connectivity index (χ2v) is 8.17. The van der Waals surface area contributed by atoms with Gasteiger partial charge in [0, 0.05) is 31.6 Å². The van der Waals surface area contributed by atoms with Gasteiger partial charge in [-0.05, 0) is 24.6 Å². The van der Waals surface area contributed by atoms with Gasteiger partial charge in [0.2, 0.25) is 5.91 Å². The Kier molecular flexibility index (Phi) is 7.17. The maximum absolute atomic E-state index is 13.9. The molecular formula is C22H21FN2O2S2. The molecule has 0 N–H and O–H groups in total. The molecule has 0 radical (unpaired) electrons. The van der Waals surface area contributed by atoms with Crippen molar-refractivity contribution in [3.05, 3.63) is 76.4 Å². The summed E-state index contributed by atoms with van der Waals surface area (Å²) >= 11 is 6.43. The number of benzene rings is 2. The fourth-order valence-electron chi connectivity index (χ4n) is 2.97. The molecule has 1 aliphatic heterocycles. The molecule has 0 spiro atoms. The molecule has 2 aromatic carbocycles. The van der Waals surface area contributed by atoms with Crippen LogP contribution in [0, 0.1) is 5.82 Å². The van der Waals surface area contributed by atoms with Crippen molar-refractivity contribution in [1.29, 1.82) is 0 Å². The fourth-order valence-corrected chi connectivity index (χ4v) is 4.27. The molecule has 0 saturated carbocycles. The maximum atomic E-state index is 13.9. The maximum Gasteiger partial charge on any atom is 0.266 e. The van der Waals surface area contributed by atoms with E-state index in [0.29, 0.717) is 27.9 Å². The van der Waals surface area contributed by atoms with E-state index in [0.717, 1.165) is 17.3 Å². The number of halogens is 1. The van der Waals surface area contributed by atoms with Gasteiger partial charge in [0.1, 0.15) is 10.1 Å². The summed E-state index contributed by atoms with van der Waals surface area (Å²) < 4.78 is 14.2. The smallest absolute Gasteiger partial charge is 0.266 e. The molecule has 0 bridgehead atoms. The molecule has 2 aromatic rings. The summed E-state index contributed by atoms with van der Waals surface area (Å²) in [6.07, 6.45) is 1.68. The largest absolute Gasteiger partial charge is 0.339 e. The molecule has 0 atom stereocenters. The Morgan fingerprint density at radius 2 is 1.86 bits per heavy atom. The van der Waals surface area contributed by atoms with Crippen LogP contribution in [0.25, 0.3) is 6.08 Å². The van der Waals surface area contributed by atoms with Crippen molar-refractivity contribution >= 4 is 46.2 Å². The van der Waals surface area contributed by atoms with Crippen LogP contribution in [-0.2, 0) is 16.1 Å². The van der Waals surface area contributed by atoms with Gasteiger partial charge in [-0.1, -0.05) is 72.5 Å². The minimum absolute atomic E-state index is 0.0384. The van der Waals surface area contributed by atoms with Gasteiger partial charge in [-0.2, -0.15) is 0 Å². The monoisotopic (exact) mass is 428 g/mol. The van der Waals surface area contributed by atoms with Crippen LogP contribution in [0.5, 0.6) is 0 Å². The third kappa shape index (κ3) is 5.31. The summed E-state index contributed by atoms with van der Waals surface area (Å²) in [6.45, 7) is 3.25. The van der Waals surface area contributed by atoms with E-state index >= 15 is 0 Å². The Hall–Kier alpha value is -2.51. The zero-order valence-corrected chi connectivity index (χ0v) is 17.6. The van der Waals surface area contributed by atoms with Crippen molar-refractivity contribution in [2.45, 2.75) is 19.9 Å². The molecule has 29 heavy (non-hydrogen) atoms. The minimum atomic E-state index is -0.396. The first-order chi connectivity index (χ1) is 14.0. The highest BCUT2D eigenvalue weighted by molar-refractivity contribution is 8.26. The van der Waals surface area contributed by atoms with Gasteiger partial charge in [-0.3, -0.25) is 14.5 Å². The summed E-state index contributed by atoms with van der Waals surface area (Å²) in [6, 6.07) is 16.0. The molecule has 1 aliphatic rings. The van der Waals surface area contributed by atoms with Crippen molar-refractivity contribution in [3.63, 3.8) is 0 Å². The zero-order valence-electron chi connectivity index (χ0n) is 16.0. The Bertz CT molecular complexity index is 947. The Morgan fingerprint density at radius 3 is 2.55 bits per heavy atom. The molecule has 0 aliphatic carbocycles. The second-order valence-electron chi connectivity index (χ2n) is 6.50. The SMILES string of the molecule is CCN(Cc1ccccc1)C(=O)CCN1C(=O)/C(=C\c2ccccc2F)SC1=S. The van der Waals surface area contributed by atoms with Crippen LogP contribution in [0.3, 0.4) is 0 Å². The average Bonchev–Trinajstić information content (AvgIpc) is 2.99. The lowest BCUT2D eigenvalue weighted by Crippen LogP contribution is -2.35. The fraction of sp³-hybridized carbons (Fsp3) is 0.227. The van der Waals surface area contributed by atoms with Gasteiger partial charge < -0.3 is 4.90 Å². The summed E-state index contributed by atoms with van der Waals surface area (Å²) in [4.78, 5) is 28.9. The standard InChI is InChI=1S/C22H21FN2O2S2/c1-2-24(15-16-8-4-3-5-9-16)20(26)12-13-25-21(27)19(29-22(25)28)14-17-10-6-7-11-18(17)23/h3-11,14H,2,12-13,15H2,1H3/b19-14+. The Labute approximate surface area is 179 Å². The van der Waals surface area contributed by atoms with Crippen LogP contribution in [-0.4, -0.2) is 39.0 Å². The van der Waals surface area contributed by atoms with Crippen molar-refractivity contribution < 1.29 is 14.0 Å². The normalized spacial score (nSPS) is 15.2. The predicted molar refractivity (Wildman–Crippen MR) is 118 cm³/mol. The lowest BCUT2D eigenvalue weighted by molar-refractivity contribution is -0.132. The van der Waals surface area contributed by atoms with Crippen LogP contribution >= 0.6 is 24.0 Å². The molecular weight excluding hydrogens is 407 g/mol. The number of amides is 2. The third-order valence-corrected chi connectivity index (χ3v) is 5.94. The highest BCUT2D eigenvalue weighted by atomic mass is 32.2. The van der Waals surface area contributed by atoms with E-state index in [2.05, 4.69) is 0 Å². The second kappa shape index (κ2) is 9.80. The predicted octanol–water partition coefficient (Wildman–Crippen LogP) is 4.47. The molecule has 2 amide bonds. The minimum Gasteiger partial charge on any atom is -0.339 e. The number of hydrogen-bond acceptors (Lipinski definition) is 4. The average molecular weight is 429 g/mol. The number of rotatable bonds is 7. The molecule has 150 valence electrons. The molecule has 1 fully saturated rings. The summed E-state index contributed by atoms with van der Waals surface area (Å²) in [7, 11) is 0. The lowest BCUT2D eigenvalue weighted by Gasteiger charge is -2.22. The third-order valence-electron chi connectivity index (χ3n) is 4.57. The first-order valence-electron chi connectivity index (χ1n) is 9.31. The van der Waals surface area contributed by atoms with Gasteiger partial charge >= 0.3 is 0 Å². The highest BCUT2D eigenvalue weighted by Crippen LogP contribution is 2.33. The summed E-state index contributed by atoms with van der Waals surface area (Å²) in [5.41, 5.74) is 1.39.